The molecule has 54 valence electrons. The Labute approximate surface area is 56.1 Å². The highest BCUT2D eigenvalue weighted by molar-refractivity contribution is 4.90. The summed E-state index contributed by atoms with van der Waals surface area (Å²) in [7, 11) is 1.61. The van der Waals surface area contributed by atoms with E-state index < -0.39 is 0 Å². The smallest absolute Gasteiger partial charge is 0.0572 e. The molecule has 2 heteroatoms. The fourth-order valence-electron chi connectivity index (χ4n) is 0.499. The molecule has 1 atom stereocenters. The van der Waals surface area contributed by atoms with E-state index in [1.54, 1.807) is 13.2 Å². The summed E-state index contributed by atoms with van der Waals surface area (Å²) in [6.07, 6.45) is 1.70. The number of methoxy groups -OCH3 is 1. The number of hydrogen-bond acceptors (Lipinski definition) is 2. The number of hydrogen-bond donors (Lipinski definition) is 1. The fraction of sp³-hybridized carbons (Fsp3) is 0.714. The predicted molar refractivity (Wildman–Crippen MR) is 37.3 cm³/mol. The number of ether oxygens (including phenoxy) is 1. The van der Waals surface area contributed by atoms with E-state index in [9.17, 15) is 0 Å². The molecule has 0 aromatic carbocycles. The van der Waals surface area contributed by atoms with Gasteiger partial charge in [0, 0.05) is 12.5 Å². The molecule has 9 heavy (non-hydrogen) atoms. The quantitative estimate of drug-likeness (QED) is 0.571. The van der Waals surface area contributed by atoms with Gasteiger partial charge in [0.15, 0.2) is 0 Å². The molecule has 0 aromatic heterocycles. The minimum Gasteiger partial charge on any atom is -0.395 e. The van der Waals surface area contributed by atoms with Crippen LogP contribution in [0.25, 0.3) is 0 Å². The van der Waals surface area contributed by atoms with Crippen LogP contribution in [0.1, 0.15) is 6.92 Å². The second kappa shape index (κ2) is 3.64. The van der Waals surface area contributed by atoms with Crippen LogP contribution in [0, 0.1) is 5.41 Å². The summed E-state index contributed by atoms with van der Waals surface area (Å²) in [5, 5.41) is 8.77. The maximum Gasteiger partial charge on any atom is 0.0572 e. The molecule has 0 aliphatic rings. The molecule has 0 saturated carbocycles. The third-order valence-electron chi connectivity index (χ3n) is 1.33. The Hall–Kier alpha value is -0.340. The van der Waals surface area contributed by atoms with Crippen molar-refractivity contribution >= 4 is 0 Å². The molecule has 0 radical (unpaired) electrons. The van der Waals surface area contributed by atoms with Gasteiger partial charge in [-0.15, -0.1) is 6.58 Å². The van der Waals surface area contributed by atoms with E-state index in [2.05, 4.69) is 6.58 Å². The van der Waals surface area contributed by atoms with Crippen LogP contribution in [0.3, 0.4) is 0 Å². The second-order valence-corrected chi connectivity index (χ2v) is 2.45. The maximum atomic E-state index is 8.77. The molecular formula is C7H14O2. The van der Waals surface area contributed by atoms with E-state index in [0.29, 0.717) is 6.61 Å². The Balaban J connectivity index is 3.76. The summed E-state index contributed by atoms with van der Waals surface area (Å²) < 4.78 is 4.86. The lowest BCUT2D eigenvalue weighted by molar-refractivity contribution is 0.0748. The molecule has 0 saturated heterocycles. The zero-order valence-electron chi connectivity index (χ0n) is 6.05. The molecule has 0 heterocycles. The summed E-state index contributed by atoms with van der Waals surface area (Å²) >= 11 is 0. The van der Waals surface area contributed by atoms with Gasteiger partial charge in [-0.1, -0.05) is 13.0 Å². The zero-order chi connectivity index (χ0) is 7.33. The van der Waals surface area contributed by atoms with Crippen molar-refractivity contribution in [1.29, 1.82) is 0 Å². The molecule has 0 aliphatic heterocycles. The summed E-state index contributed by atoms with van der Waals surface area (Å²) in [6.45, 7) is 6.08. The highest BCUT2D eigenvalue weighted by Gasteiger charge is 2.17. The van der Waals surface area contributed by atoms with Crippen molar-refractivity contribution in [3.05, 3.63) is 12.7 Å². The van der Waals surface area contributed by atoms with E-state index in [1.807, 2.05) is 6.92 Å². The van der Waals surface area contributed by atoms with Gasteiger partial charge in [0.2, 0.25) is 0 Å². The number of rotatable bonds is 4. The van der Waals surface area contributed by atoms with Crippen LogP contribution < -0.4 is 0 Å². The van der Waals surface area contributed by atoms with Crippen LogP contribution in [-0.4, -0.2) is 25.4 Å². The van der Waals surface area contributed by atoms with Gasteiger partial charge in [0.05, 0.1) is 13.2 Å². The first-order chi connectivity index (χ1) is 4.18. The minimum atomic E-state index is -0.269. The monoisotopic (exact) mass is 130 g/mol. The van der Waals surface area contributed by atoms with Gasteiger partial charge < -0.3 is 9.84 Å². The van der Waals surface area contributed by atoms with Crippen molar-refractivity contribution in [2.24, 2.45) is 5.41 Å². The van der Waals surface area contributed by atoms with Crippen LogP contribution in [0.2, 0.25) is 0 Å². The van der Waals surface area contributed by atoms with E-state index in [4.69, 9.17) is 9.84 Å². The number of aliphatic hydroxyl groups excluding tert-OH is 1. The molecule has 1 N–H and O–H groups in total. The first-order valence-electron chi connectivity index (χ1n) is 2.92. The van der Waals surface area contributed by atoms with Gasteiger partial charge in [0.25, 0.3) is 0 Å². The van der Waals surface area contributed by atoms with Crippen molar-refractivity contribution in [2.45, 2.75) is 6.92 Å². The van der Waals surface area contributed by atoms with E-state index in [-0.39, 0.29) is 12.0 Å². The van der Waals surface area contributed by atoms with Gasteiger partial charge in [0.1, 0.15) is 0 Å². The summed E-state index contributed by atoms with van der Waals surface area (Å²) in [6, 6.07) is 0. The highest BCUT2D eigenvalue weighted by atomic mass is 16.5. The fourth-order valence-corrected chi connectivity index (χ4v) is 0.499. The SMILES string of the molecule is C=CC(C)(CO)COC. The molecule has 0 spiro atoms. The van der Waals surface area contributed by atoms with Crippen LogP contribution in [0.5, 0.6) is 0 Å². The lowest BCUT2D eigenvalue weighted by Crippen LogP contribution is -2.23. The third kappa shape index (κ3) is 2.63. The Kier molecular flexibility index (Phi) is 3.50. The Morgan fingerprint density at radius 1 is 1.78 bits per heavy atom. The summed E-state index contributed by atoms with van der Waals surface area (Å²) in [4.78, 5) is 0. The zero-order valence-corrected chi connectivity index (χ0v) is 6.05. The largest absolute Gasteiger partial charge is 0.395 e. The Morgan fingerprint density at radius 2 is 2.33 bits per heavy atom. The van der Waals surface area contributed by atoms with Crippen molar-refractivity contribution in [3.8, 4) is 0 Å². The molecule has 0 bridgehead atoms. The molecule has 1 unspecified atom stereocenters. The lowest BCUT2D eigenvalue weighted by Gasteiger charge is -2.20. The van der Waals surface area contributed by atoms with Gasteiger partial charge >= 0.3 is 0 Å². The van der Waals surface area contributed by atoms with Crippen LogP contribution in [0.4, 0.5) is 0 Å². The van der Waals surface area contributed by atoms with Gasteiger partial charge in [-0.2, -0.15) is 0 Å². The molecule has 2 nitrogen and oxygen atoms in total. The highest BCUT2D eigenvalue weighted by Crippen LogP contribution is 2.15. The average molecular weight is 130 g/mol. The molecule has 0 fully saturated rings. The summed E-state index contributed by atoms with van der Waals surface area (Å²) in [5.41, 5.74) is -0.269. The molecule has 0 amide bonds. The van der Waals surface area contributed by atoms with Crippen molar-refractivity contribution in [1.82, 2.24) is 0 Å². The standard InChI is InChI=1S/C7H14O2/c1-4-7(2,5-8)6-9-3/h4,8H,1,5-6H2,2-3H3. The van der Waals surface area contributed by atoms with Gasteiger partial charge in [-0.25, -0.2) is 0 Å². The van der Waals surface area contributed by atoms with Crippen LogP contribution in [-0.2, 0) is 4.74 Å². The molecule has 0 aliphatic carbocycles. The maximum absolute atomic E-state index is 8.77. The first-order valence-corrected chi connectivity index (χ1v) is 2.92. The molecule has 0 rings (SSSR count). The molecular weight excluding hydrogens is 116 g/mol. The van der Waals surface area contributed by atoms with Crippen molar-refractivity contribution in [3.63, 3.8) is 0 Å². The van der Waals surface area contributed by atoms with Gasteiger partial charge in [-0.05, 0) is 0 Å². The number of aliphatic hydroxyl groups is 1. The Bertz CT molecular complexity index is 90.9. The second-order valence-electron chi connectivity index (χ2n) is 2.45. The van der Waals surface area contributed by atoms with Crippen molar-refractivity contribution < 1.29 is 9.84 Å². The third-order valence-corrected chi connectivity index (χ3v) is 1.33. The predicted octanol–water partition coefficient (Wildman–Crippen LogP) is 0.817. The van der Waals surface area contributed by atoms with E-state index >= 15 is 0 Å². The van der Waals surface area contributed by atoms with Crippen LogP contribution in [0.15, 0.2) is 12.7 Å². The minimum absolute atomic E-state index is 0.0876. The average Bonchev–Trinajstić information content (AvgIpc) is 1.89. The van der Waals surface area contributed by atoms with E-state index in [0.717, 1.165) is 0 Å². The topological polar surface area (TPSA) is 29.5 Å². The Morgan fingerprint density at radius 3 is 2.44 bits per heavy atom. The van der Waals surface area contributed by atoms with Crippen molar-refractivity contribution in [2.75, 3.05) is 20.3 Å². The van der Waals surface area contributed by atoms with Gasteiger partial charge in [-0.3, -0.25) is 0 Å². The first kappa shape index (κ1) is 8.66. The van der Waals surface area contributed by atoms with E-state index in [1.165, 1.54) is 0 Å². The molecule has 0 aromatic rings. The summed E-state index contributed by atoms with van der Waals surface area (Å²) in [5.74, 6) is 0. The lowest BCUT2D eigenvalue weighted by atomic mass is 9.94. The van der Waals surface area contributed by atoms with Crippen LogP contribution >= 0.6 is 0 Å². The normalized spacial score (nSPS) is 16.8.